The molecule has 0 saturated carbocycles. The first-order chi connectivity index (χ1) is 20.4. The van der Waals surface area contributed by atoms with Crippen LogP contribution in [0.4, 0.5) is 0 Å². The summed E-state index contributed by atoms with van der Waals surface area (Å²) >= 11 is 6.04. The summed E-state index contributed by atoms with van der Waals surface area (Å²) in [6, 6.07) is 32.5. The van der Waals surface area contributed by atoms with Gasteiger partial charge in [0.05, 0.1) is 23.6 Å². The van der Waals surface area contributed by atoms with E-state index in [9.17, 15) is 13.2 Å². The third-order valence-corrected chi connectivity index (χ3v) is 9.68. The van der Waals surface area contributed by atoms with Gasteiger partial charge >= 0.3 is 0 Å². The van der Waals surface area contributed by atoms with Crippen LogP contribution in [0.25, 0.3) is 0 Å². The van der Waals surface area contributed by atoms with Gasteiger partial charge in [-0.25, -0.2) is 8.42 Å². The molecule has 1 aliphatic rings. The van der Waals surface area contributed by atoms with E-state index in [1.165, 1.54) is 18.2 Å². The molecule has 218 valence electrons. The minimum absolute atomic E-state index is 0.0667. The lowest BCUT2D eigenvalue weighted by atomic mass is 9.96. The number of hydrogen-bond donors (Lipinski definition) is 1. The molecular formula is C33H34ClN3O4S. The average Bonchev–Trinajstić information content (AvgIpc) is 3.03. The molecule has 4 aromatic carbocycles. The van der Waals surface area contributed by atoms with Crippen LogP contribution in [-0.2, 0) is 16.4 Å². The number of piperazine rings is 1. The topological polar surface area (TPSA) is 78.9 Å². The Kier molecular flexibility index (Phi) is 9.59. The lowest BCUT2D eigenvalue weighted by Gasteiger charge is -2.39. The summed E-state index contributed by atoms with van der Waals surface area (Å²) in [6.07, 6.45) is 0.550. The zero-order chi connectivity index (χ0) is 29.5. The average molecular weight is 604 g/mol. The molecule has 4 aromatic rings. The van der Waals surface area contributed by atoms with Crippen molar-refractivity contribution in [3.63, 3.8) is 0 Å². The van der Waals surface area contributed by atoms with E-state index in [4.69, 9.17) is 16.3 Å². The molecule has 1 fully saturated rings. The van der Waals surface area contributed by atoms with Gasteiger partial charge in [-0.2, -0.15) is 4.31 Å². The SMILES string of the molecule is COc1ccc(Cl)cc1C(=O)NCCc1ccc(S(=O)(=O)N2CCN(C(c3ccccc3)c3ccccc3)CC2)cc1. The van der Waals surface area contributed by atoms with Crippen molar-refractivity contribution in [1.29, 1.82) is 0 Å². The summed E-state index contributed by atoms with van der Waals surface area (Å²) in [5.74, 6) is 0.164. The quantitative estimate of drug-likeness (QED) is 0.262. The van der Waals surface area contributed by atoms with Crippen LogP contribution in [0.2, 0.25) is 5.02 Å². The van der Waals surface area contributed by atoms with Crippen LogP contribution in [0.5, 0.6) is 5.75 Å². The van der Waals surface area contributed by atoms with Crippen LogP contribution in [-0.4, -0.2) is 63.4 Å². The molecule has 0 unspecified atom stereocenters. The maximum absolute atomic E-state index is 13.5. The molecule has 1 N–H and O–H groups in total. The maximum atomic E-state index is 13.5. The minimum Gasteiger partial charge on any atom is -0.496 e. The fraction of sp³-hybridized carbons (Fsp3) is 0.242. The highest BCUT2D eigenvalue weighted by molar-refractivity contribution is 7.89. The lowest BCUT2D eigenvalue weighted by Crippen LogP contribution is -2.49. The second-order valence-corrected chi connectivity index (χ2v) is 12.5. The van der Waals surface area contributed by atoms with Crippen molar-refractivity contribution in [2.24, 2.45) is 0 Å². The van der Waals surface area contributed by atoms with Crippen LogP contribution in [0.1, 0.15) is 33.1 Å². The van der Waals surface area contributed by atoms with Crippen molar-refractivity contribution < 1.29 is 17.9 Å². The van der Waals surface area contributed by atoms with Crippen molar-refractivity contribution in [3.8, 4) is 5.75 Å². The van der Waals surface area contributed by atoms with Crippen LogP contribution in [0.3, 0.4) is 0 Å². The van der Waals surface area contributed by atoms with Gasteiger partial charge in [-0.05, 0) is 53.4 Å². The molecule has 42 heavy (non-hydrogen) atoms. The Morgan fingerprint density at radius 3 is 2.02 bits per heavy atom. The number of hydrogen-bond acceptors (Lipinski definition) is 5. The summed E-state index contributed by atoms with van der Waals surface area (Å²) in [4.78, 5) is 15.2. The van der Waals surface area contributed by atoms with E-state index < -0.39 is 10.0 Å². The first kappa shape index (κ1) is 29.8. The van der Waals surface area contributed by atoms with Crippen LogP contribution < -0.4 is 10.1 Å². The Labute approximate surface area is 252 Å². The number of methoxy groups -OCH3 is 1. The lowest BCUT2D eigenvalue weighted by molar-refractivity contribution is 0.0951. The number of ether oxygens (including phenoxy) is 1. The van der Waals surface area contributed by atoms with Crippen LogP contribution >= 0.6 is 11.6 Å². The zero-order valence-electron chi connectivity index (χ0n) is 23.4. The van der Waals surface area contributed by atoms with E-state index in [0.717, 1.165) is 5.56 Å². The van der Waals surface area contributed by atoms with Crippen molar-refractivity contribution in [2.75, 3.05) is 39.8 Å². The second-order valence-electron chi connectivity index (χ2n) is 10.2. The standard InChI is InChI=1S/C33H34ClN3O4S/c1-41-31-17-14-28(34)24-30(31)33(38)35-19-18-25-12-15-29(16-13-25)42(39,40)37-22-20-36(21-23-37)32(26-8-4-2-5-9-26)27-10-6-3-7-11-27/h2-17,24,32H,18-23H2,1H3,(H,35,38). The van der Waals surface area contributed by atoms with Gasteiger partial charge in [-0.1, -0.05) is 84.4 Å². The second kappa shape index (κ2) is 13.5. The van der Waals surface area contributed by atoms with Gasteiger partial charge in [-0.15, -0.1) is 0 Å². The maximum Gasteiger partial charge on any atom is 0.255 e. The molecule has 5 rings (SSSR count). The van der Waals surface area contributed by atoms with Crippen molar-refractivity contribution in [2.45, 2.75) is 17.4 Å². The fourth-order valence-electron chi connectivity index (χ4n) is 5.34. The van der Waals surface area contributed by atoms with E-state index in [-0.39, 0.29) is 16.8 Å². The molecule has 0 atom stereocenters. The summed E-state index contributed by atoms with van der Waals surface area (Å²) in [6.45, 7) is 2.47. The van der Waals surface area contributed by atoms with E-state index in [1.807, 2.05) is 36.4 Å². The summed E-state index contributed by atoms with van der Waals surface area (Å²) in [5, 5.41) is 3.32. The Bertz CT molecular complexity index is 1550. The normalized spacial score (nSPS) is 14.5. The molecule has 0 spiro atoms. The van der Waals surface area contributed by atoms with Gasteiger partial charge < -0.3 is 10.1 Å². The van der Waals surface area contributed by atoms with E-state index in [1.54, 1.807) is 46.8 Å². The van der Waals surface area contributed by atoms with E-state index >= 15 is 0 Å². The fourth-order valence-corrected chi connectivity index (χ4v) is 6.93. The number of rotatable bonds is 10. The number of nitrogens with zero attached hydrogens (tertiary/aromatic N) is 2. The van der Waals surface area contributed by atoms with Gasteiger partial charge in [0.15, 0.2) is 0 Å². The smallest absolute Gasteiger partial charge is 0.255 e. The third-order valence-electron chi connectivity index (χ3n) is 7.54. The van der Waals surface area contributed by atoms with E-state index in [0.29, 0.717) is 55.5 Å². The zero-order valence-corrected chi connectivity index (χ0v) is 25.0. The summed E-state index contributed by atoms with van der Waals surface area (Å²) in [7, 11) is -2.13. The first-order valence-electron chi connectivity index (χ1n) is 13.9. The van der Waals surface area contributed by atoms with Gasteiger partial charge in [0.2, 0.25) is 10.0 Å². The predicted octanol–water partition coefficient (Wildman–Crippen LogP) is 5.42. The molecule has 0 aliphatic carbocycles. The van der Waals surface area contributed by atoms with Gasteiger partial charge in [0.25, 0.3) is 5.91 Å². The Morgan fingerprint density at radius 2 is 1.45 bits per heavy atom. The van der Waals surface area contributed by atoms with Gasteiger partial charge in [0.1, 0.15) is 5.75 Å². The predicted molar refractivity (Wildman–Crippen MR) is 166 cm³/mol. The highest BCUT2D eigenvalue weighted by atomic mass is 35.5. The number of carbonyl (C=O) groups excluding carboxylic acids is 1. The van der Waals surface area contributed by atoms with Crippen molar-refractivity contribution in [3.05, 3.63) is 130 Å². The molecule has 1 saturated heterocycles. The van der Waals surface area contributed by atoms with Crippen LogP contribution in [0.15, 0.2) is 108 Å². The molecule has 0 aromatic heterocycles. The molecule has 9 heteroatoms. The monoisotopic (exact) mass is 603 g/mol. The third kappa shape index (κ3) is 6.85. The summed E-state index contributed by atoms with van der Waals surface area (Å²) in [5.41, 5.74) is 3.67. The molecule has 0 bridgehead atoms. The molecule has 1 heterocycles. The molecule has 7 nitrogen and oxygen atoms in total. The Morgan fingerprint density at radius 1 is 0.857 bits per heavy atom. The molecule has 1 amide bonds. The van der Waals surface area contributed by atoms with Crippen LogP contribution in [0, 0.1) is 0 Å². The molecule has 0 radical (unpaired) electrons. The first-order valence-corrected chi connectivity index (χ1v) is 15.7. The number of nitrogens with one attached hydrogen (secondary N) is 1. The van der Waals surface area contributed by atoms with Crippen molar-refractivity contribution in [1.82, 2.24) is 14.5 Å². The Hall–Kier alpha value is -3.69. The van der Waals surface area contributed by atoms with E-state index in [2.05, 4.69) is 34.5 Å². The molecular weight excluding hydrogens is 570 g/mol. The number of sulfonamides is 1. The highest BCUT2D eigenvalue weighted by Crippen LogP contribution is 2.30. The van der Waals surface area contributed by atoms with Gasteiger partial charge in [-0.3, -0.25) is 9.69 Å². The molecule has 1 aliphatic heterocycles. The van der Waals surface area contributed by atoms with Gasteiger partial charge in [0, 0.05) is 37.7 Å². The minimum atomic E-state index is -3.63. The number of halogens is 1. The number of benzene rings is 4. The Balaban J connectivity index is 1.19. The summed E-state index contributed by atoms with van der Waals surface area (Å²) < 4.78 is 33.8. The largest absolute Gasteiger partial charge is 0.496 e. The number of carbonyl (C=O) groups is 1. The number of amides is 1. The highest BCUT2D eigenvalue weighted by Gasteiger charge is 2.32. The van der Waals surface area contributed by atoms with Crippen molar-refractivity contribution >= 4 is 27.5 Å².